The fraction of sp³-hybridized carbons (Fsp3) is 0.238. The number of anilines is 1. The highest BCUT2D eigenvalue weighted by molar-refractivity contribution is 5.37. The van der Waals surface area contributed by atoms with Crippen LogP contribution in [0.5, 0.6) is 0 Å². The van der Waals surface area contributed by atoms with Gasteiger partial charge in [0.25, 0.3) is 0 Å². The number of aliphatic hydroxyl groups excluding tert-OH is 1. The third kappa shape index (κ3) is 3.86. The molecule has 0 bridgehead atoms. The van der Waals surface area contributed by atoms with Crippen molar-refractivity contribution in [2.75, 3.05) is 5.32 Å². The van der Waals surface area contributed by atoms with Gasteiger partial charge in [-0.25, -0.2) is 4.98 Å². The number of aliphatic hydroxyl groups is 1. The molecule has 0 saturated heterocycles. The molecule has 2 N–H and O–H groups in total. The molecule has 0 aliphatic rings. The van der Waals surface area contributed by atoms with Crippen LogP contribution in [-0.2, 0) is 0 Å². The van der Waals surface area contributed by atoms with Gasteiger partial charge in [0.05, 0.1) is 6.20 Å². The third-order valence-electron chi connectivity index (χ3n) is 4.56. The maximum absolute atomic E-state index is 10.9. The molecule has 25 heavy (non-hydrogen) atoms. The van der Waals surface area contributed by atoms with Gasteiger partial charge in [-0.15, -0.1) is 0 Å². The van der Waals surface area contributed by atoms with E-state index < -0.39 is 11.6 Å². The molecule has 0 amide bonds. The highest BCUT2D eigenvalue weighted by atomic mass is 16.3. The van der Waals surface area contributed by atoms with Crippen molar-refractivity contribution in [1.29, 1.82) is 0 Å². The topological polar surface area (TPSA) is 58.0 Å². The second-order valence-corrected chi connectivity index (χ2v) is 6.71. The summed E-state index contributed by atoms with van der Waals surface area (Å²) in [6.45, 7) is 4.12. The molecule has 3 aromatic rings. The minimum absolute atomic E-state index is 0.0223. The summed E-state index contributed by atoms with van der Waals surface area (Å²) in [6, 6.07) is 20.6. The highest BCUT2D eigenvalue weighted by Gasteiger charge is 2.38. The van der Waals surface area contributed by atoms with Crippen LogP contribution >= 0.6 is 0 Å². The fourth-order valence-corrected chi connectivity index (χ4v) is 3.20. The molecular weight excluding hydrogens is 310 g/mol. The van der Waals surface area contributed by atoms with E-state index in [2.05, 4.69) is 53.4 Å². The van der Waals surface area contributed by atoms with E-state index in [9.17, 15) is 5.11 Å². The van der Waals surface area contributed by atoms with E-state index in [0.717, 1.165) is 0 Å². The van der Waals surface area contributed by atoms with Gasteiger partial charge in [0, 0.05) is 23.7 Å². The van der Waals surface area contributed by atoms with Crippen molar-refractivity contribution in [3.63, 3.8) is 0 Å². The Hall–Kier alpha value is -2.72. The lowest BCUT2D eigenvalue weighted by molar-refractivity contribution is 0.0610. The number of hydrogen-bond donors (Lipinski definition) is 2. The largest absolute Gasteiger partial charge is 0.373 e. The molecule has 1 heterocycles. The molecule has 0 saturated carbocycles. The molecule has 0 radical (unpaired) electrons. The van der Waals surface area contributed by atoms with E-state index in [1.807, 2.05) is 36.4 Å². The minimum Gasteiger partial charge on any atom is -0.373 e. The fourth-order valence-electron chi connectivity index (χ4n) is 3.20. The maximum atomic E-state index is 10.9. The van der Waals surface area contributed by atoms with Crippen LogP contribution in [0.15, 0.2) is 79.3 Å². The second-order valence-electron chi connectivity index (χ2n) is 6.71. The Morgan fingerprint density at radius 2 is 1.44 bits per heavy atom. The van der Waals surface area contributed by atoms with Crippen LogP contribution in [0.2, 0.25) is 0 Å². The summed E-state index contributed by atoms with van der Waals surface area (Å²) >= 11 is 0. The minimum atomic E-state index is -0.797. The van der Waals surface area contributed by atoms with E-state index in [-0.39, 0.29) is 5.92 Å². The molecule has 4 nitrogen and oxygen atoms in total. The molecule has 0 aliphatic carbocycles. The first kappa shape index (κ1) is 17.1. The van der Waals surface area contributed by atoms with Crippen LogP contribution in [-0.4, -0.2) is 21.3 Å². The van der Waals surface area contributed by atoms with Gasteiger partial charge in [-0.3, -0.25) is 4.98 Å². The smallest absolute Gasteiger partial charge is 0.146 e. The van der Waals surface area contributed by atoms with Crippen molar-refractivity contribution < 1.29 is 5.11 Å². The molecule has 0 fully saturated rings. The molecule has 0 aliphatic heterocycles. The predicted molar refractivity (Wildman–Crippen MR) is 100 cm³/mol. The SMILES string of the molecule is CC(C)(C(O)Nc1cnccn1)C(c1ccccc1)c1ccccc1. The normalized spacial score (nSPS) is 12.8. The summed E-state index contributed by atoms with van der Waals surface area (Å²) in [6.07, 6.45) is 4.03. The summed E-state index contributed by atoms with van der Waals surface area (Å²) in [7, 11) is 0. The summed E-state index contributed by atoms with van der Waals surface area (Å²) in [4.78, 5) is 8.25. The molecule has 1 aromatic heterocycles. The number of nitrogens with one attached hydrogen (secondary N) is 1. The van der Waals surface area contributed by atoms with Gasteiger partial charge in [0.15, 0.2) is 0 Å². The number of benzene rings is 2. The lowest BCUT2D eigenvalue weighted by atomic mass is 9.70. The number of hydrogen-bond acceptors (Lipinski definition) is 4. The lowest BCUT2D eigenvalue weighted by Gasteiger charge is -2.39. The zero-order valence-electron chi connectivity index (χ0n) is 14.5. The van der Waals surface area contributed by atoms with E-state index in [1.54, 1.807) is 18.6 Å². The quantitative estimate of drug-likeness (QED) is 0.668. The lowest BCUT2D eigenvalue weighted by Crippen LogP contribution is -2.41. The Morgan fingerprint density at radius 1 is 0.880 bits per heavy atom. The van der Waals surface area contributed by atoms with Crippen molar-refractivity contribution in [3.05, 3.63) is 90.4 Å². The summed E-state index contributed by atoms with van der Waals surface area (Å²) in [5, 5.41) is 14.0. The summed E-state index contributed by atoms with van der Waals surface area (Å²) in [5.74, 6) is 0.581. The van der Waals surface area contributed by atoms with Crippen LogP contribution in [0.1, 0.15) is 30.9 Å². The Kier molecular flexibility index (Phi) is 5.10. The Morgan fingerprint density at radius 3 is 1.92 bits per heavy atom. The van der Waals surface area contributed by atoms with E-state index in [0.29, 0.717) is 5.82 Å². The molecule has 4 heteroatoms. The molecule has 1 unspecified atom stereocenters. The second kappa shape index (κ2) is 7.45. The molecule has 1 atom stereocenters. The van der Waals surface area contributed by atoms with Crippen molar-refractivity contribution in [1.82, 2.24) is 9.97 Å². The monoisotopic (exact) mass is 333 g/mol. The standard InChI is InChI=1S/C21H23N3O/c1-21(2,20(25)24-18-15-22-13-14-23-18)19(16-9-5-3-6-10-16)17-11-7-4-8-12-17/h3-15,19-20,25H,1-2H3,(H,23,24). The zero-order valence-corrected chi connectivity index (χ0v) is 14.5. The van der Waals surface area contributed by atoms with Gasteiger partial charge in [0.2, 0.25) is 0 Å². The average molecular weight is 333 g/mol. The summed E-state index contributed by atoms with van der Waals surface area (Å²) < 4.78 is 0. The first-order chi connectivity index (χ1) is 12.1. The Labute approximate surface area is 148 Å². The Balaban J connectivity index is 1.96. The van der Waals surface area contributed by atoms with Gasteiger partial charge in [0.1, 0.15) is 12.0 Å². The van der Waals surface area contributed by atoms with Gasteiger partial charge < -0.3 is 10.4 Å². The number of nitrogens with zero attached hydrogens (tertiary/aromatic N) is 2. The molecular formula is C21H23N3O. The predicted octanol–water partition coefficient (Wildman–Crippen LogP) is 4.07. The van der Waals surface area contributed by atoms with Crippen LogP contribution in [0.3, 0.4) is 0 Å². The van der Waals surface area contributed by atoms with E-state index >= 15 is 0 Å². The van der Waals surface area contributed by atoms with Crippen molar-refractivity contribution in [3.8, 4) is 0 Å². The van der Waals surface area contributed by atoms with Gasteiger partial charge >= 0.3 is 0 Å². The average Bonchev–Trinajstić information content (AvgIpc) is 2.64. The van der Waals surface area contributed by atoms with Crippen LogP contribution < -0.4 is 5.32 Å². The highest BCUT2D eigenvalue weighted by Crippen LogP contribution is 2.43. The van der Waals surface area contributed by atoms with Crippen LogP contribution in [0.25, 0.3) is 0 Å². The van der Waals surface area contributed by atoms with Crippen molar-refractivity contribution >= 4 is 5.82 Å². The van der Waals surface area contributed by atoms with Crippen molar-refractivity contribution in [2.45, 2.75) is 26.0 Å². The zero-order chi connectivity index (χ0) is 17.7. The van der Waals surface area contributed by atoms with E-state index in [1.165, 1.54) is 11.1 Å². The first-order valence-electron chi connectivity index (χ1n) is 8.39. The summed E-state index contributed by atoms with van der Waals surface area (Å²) in [5.41, 5.74) is 1.85. The molecule has 3 rings (SSSR count). The first-order valence-corrected chi connectivity index (χ1v) is 8.39. The molecule has 0 spiro atoms. The van der Waals surface area contributed by atoms with E-state index in [4.69, 9.17) is 0 Å². The van der Waals surface area contributed by atoms with Gasteiger partial charge in [-0.05, 0) is 11.1 Å². The van der Waals surface area contributed by atoms with Gasteiger partial charge in [-0.2, -0.15) is 0 Å². The van der Waals surface area contributed by atoms with Crippen LogP contribution in [0, 0.1) is 5.41 Å². The third-order valence-corrected chi connectivity index (χ3v) is 4.56. The van der Waals surface area contributed by atoms with Gasteiger partial charge in [-0.1, -0.05) is 74.5 Å². The van der Waals surface area contributed by atoms with Crippen LogP contribution in [0.4, 0.5) is 5.82 Å². The maximum Gasteiger partial charge on any atom is 0.146 e. The molecule has 128 valence electrons. The van der Waals surface area contributed by atoms with Crippen molar-refractivity contribution in [2.24, 2.45) is 5.41 Å². The number of aromatic nitrogens is 2. The number of rotatable bonds is 6. The molecule has 2 aromatic carbocycles. The Bertz CT molecular complexity index is 737.